The van der Waals surface area contributed by atoms with E-state index in [1.807, 2.05) is 55.9 Å². The average Bonchev–Trinajstić information content (AvgIpc) is 2.49. The molecule has 23 nitrogen and oxygen atoms in total. The summed E-state index contributed by atoms with van der Waals surface area (Å²) in [5.41, 5.74) is 5.18. The number of fused-ring (bicyclic) bond motifs is 3. The van der Waals surface area contributed by atoms with Crippen LogP contribution in [0.15, 0.2) is 95.4 Å². The van der Waals surface area contributed by atoms with Crippen LogP contribution < -0.4 is 37.2 Å². The lowest BCUT2D eigenvalue weighted by Gasteiger charge is -2.36. The Morgan fingerprint density at radius 1 is 0.747 bits per heavy atom. The molecule has 4 aliphatic heterocycles. The van der Waals surface area contributed by atoms with Gasteiger partial charge in [0, 0.05) is 117 Å². The van der Waals surface area contributed by atoms with E-state index in [4.69, 9.17) is 35.5 Å². The van der Waals surface area contributed by atoms with E-state index in [9.17, 15) is 24.0 Å². The Morgan fingerprint density at radius 2 is 1.45 bits per heavy atom. The van der Waals surface area contributed by atoms with Crippen molar-refractivity contribution in [2.45, 2.75) is 95.4 Å². The van der Waals surface area contributed by atoms with Crippen molar-refractivity contribution in [3.05, 3.63) is 107 Å². The number of allylic oxidation sites excluding steroid dienone is 1. The number of halogens is 1. The Balaban J connectivity index is 0.601. The zero-order valence-corrected chi connectivity index (χ0v) is 51.5. The third-order valence-electron chi connectivity index (χ3n) is 15.6. The molecule has 4 fully saturated rings. The number of hydrogen-bond acceptors (Lipinski definition) is 20. The number of thioether (sulfide) groups is 1. The number of para-hydroxylation sites is 1. The van der Waals surface area contributed by atoms with Crippen LogP contribution in [0.25, 0.3) is 5.69 Å². The van der Waals surface area contributed by atoms with Crippen LogP contribution in [0.2, 0.25) is 5.02 Å². The molecule has 25 heteroatoms. The summed E-state index contributed by atoms with van der Waals surface area (Å²) in [5.74, 6) is 1.91. The summed E-state index contributed by atoms with van der Waals surface area (Å²) in [5, 5.41) is 36.0. The molecule has 3 amide bonds. The van der Waals surface area contributed by atoms with Crippen molar-refractivity contribution < 1.29 is 42.9 Å². The molecule has 468 valence electrons. The molecule has 4 aromatic rings. The molecular formula is C62H83ClN14O9S. The van der Waals surface area contributed by atoms with Gasteiger partial charge < -0.3 is 61.1 Å². The zero-order chi connectivity index (χ0) is 61.0. The zero-order valence-electron chi connectivity index (χ0n) is 50.0. The highest BCUT2D eigenvalue weighted by molar-refractivity contribution is 8.00. The molecule has 87 heavy (non-hydrogen) atoms. The molecule has 1 aromatic heterocycles. The van der Waals surface area contributed by atoms with Gasteiger partial charge in [0.2, 0.25) is 11.8 Å². The van der Waals surface area contributed by atoms with Crippen LogP contribution in [0.5, 0.6) is 0 Å². The van der Waals surface area contributed by atoms with Gasteiger partial charge in [0.15, 0.2) is 11.6 Å². The van der Waals surface area contributed by atoms with Crippen LogP contribution in [-0.2, 0) is 38.1 Å². The molecule has 1 saturated carbocycles. The number of carbonyl (C=O) groups excluding carboxylic acids is 5. The SMILES string of the molecule is C=C1N[C@H]2[C@H](CS[C@H]2CCCCC(=O)NCCOCCOCCOCCOCCC(NCCCC(=O)Nc2ccc(-n3nnc(C(=O)NCCCN4CCN(C5=Nc6cc(Cl)ccc6Nc6ccccc65)CC4)n3)cc2)=C2C(=O)CC(C)(C)CC2=O)N1. The molecule has 1 aliphatic carbocycles. The second-order valence-electron chi connectivity index (χ2n) is 23.0. The molecule has 0 bridgehead atoms. The smallest absolute Gasteiger partial charge is 0.292 e. The number of piperazine rings is 1. The minimum atomic E-state index is -0.419. The molecule has 0 unspecified atom stereocenters. The van der Waals surface area contributed by atoms with Gasteiger partial charge in [-0.2, -0.15) is 11.8 Å². The number of nitrogens with zero attached hydrogens (tertiary/aromatic N) is 7. The summed E-state index contributed by atoms with van der Waals surface area (Å²) < 4.78 is 22.7. The number of carbonyl (C=O) groups is 5. The molecule has 9 rings (SSSR count). The first-order valence-electron chi connectivity index (χ1n) is 30.4. The number of aliphatic imine (C=N–C) groups is 1. The van der Waals surface area contributed by atoms with Crippen molar-refractivity contribution in [1.29, 1.82) is 0 Å². The number of rotatable bonds is 32. The van der Waals surface area contributed by atoms with Gasteiger partial charge in [0.1, 0.15) is 5.84 Å². The van der Waals surface area contributed by atoms with E-state index in [2.05, 4.69) is 81.1 Å². The van der Waals surface area contributed by atoms with Crippen molar-refractivity contribution in [2.75, 3.05) is 122 Å². The predicted molar refractivity (Wildman–Crippen MR) is 336 cm³/mol. The molecule has 3 atom stereocenters. The van der Waals surface area contributed by atoms with E-state index in [-0.39, 0.29) is 60.6 Å². The first-order chi connectivity index (χ1) is 42.2. The molecule has 5 heterocycles. The van der Waals surface area contributed by atoms with Crippen LogP contribution in [0.3, 0.4) is 0 Å². The Kier molecular flexibility index (Phi) is 24.0. The van der Waals surface area contributed by atoms with E-state index in [0.717, 1.165) is 98.4 Å². The number of ketones is 2. The lowest BCUT2D eigenvalue weighted by molar-refractivity contribution is -0.127. The third kappa shape index (κ3) is 19.3. The van der Waals surface area contributed by atoms with Gasteiger partial charge in [0.05, 0.1) is 93.4 Å². The van der Waals surface area contributed by atoms with Gasteiger partial charge in [-0.3, -0.25) is 28.9 Å². The molecular weight excluding hydrogens is 1150 g/mol. The molecule has 3 saturated heterocycles. The summed E-state index contributed by atoms with van der Waals surface area (Å²) >= 11 is 8.34. The van der Waals surface area contributed by atoms with Crippen LogP contribution in [0.1, 0.15) is 94.2 Å². The Morgan fingerprint density at radius 3 is 2.21 bits per heavy atom. The average molecular weight is 1240 g/mol. The number of hydrogen-bond donors (Lipinski definition) is 7. The van der Waals surface area contributed by atoms with Crippen LogP contribution in [0, 0.1) is 5.41 Å². The minimum absolute atomic E-state index is 0.0482. The molecule has 7 N–H and O–H groups in total. The van der Waals surface area contributed by atoms with Gasteiger partial charge in [-0.15, -0.1) is 15.0 Å². The van der Waals surface area contributed by atoms with E-state index < -0.39 is 11.3 Å². The summed E-state index contributed by atoms with van der Waals surface area (Å²) in [6, 6.07) is 21.7. The maximum Gasteiger partial charge on any atom is 0.292 e. The molecule has 0 spiro atoms. The van der Waals surface area contributed by atoms with Gasteiger partial charge in [-0.1, -0.05) is 50.6 Å². The number of aromatic nitrogens is 4. The maximum absolute atomic E-state index is 13.3. The fourth-order valence-corrected chi connectivity index (χ4v) is 12.9. The number of unbranched alkanes of at least 4 members (excludes halogenated alkanes) is 1. The van der Waals surface area contributed by atoms with Crippen LogP contribution in [-0.4, -0.2) is 193 Å². The topological polar surface area (TPSA) is 269 Å². The second-order valence-corrected chi connectivity index (χ2v) is 24.7. The number of amides is 3. The van der Waals surface area contributed by atoms with Crippen molar-refractivity contribution in [3.63, 3.8) is 0 Å². The maximum atomic E-state index is 13.3. The Hall–Kier alpha value is -6.93. The highest BCUT2D eigenvalue weighted by atomic mass is 35.5. The minimum Gasteiger partial charge on any atom is -0.388 e. The van der Waals surface area contributed by atoms with Crippen LogP contribution in [0.4, 0.5) is 22.7 Å². The highest BCUT2D eigenvalue weighted by Crippen LogP contribution is 2.38. The summed E-state index contributed by atoms with van der Waals surface area (Å²) in [7, 11) is 0. The standard InChI is InChI=1S/C62H83ClN14O9S/c1-42-67-51-41-87-54(58(51)68-42)12-6-7-13-55(80)65-24-31-84-33-35-86-37-36-85-34-32-83-30-21-49(57-52(78)39-62(2,3)40-53(57)79)64-22-8-14-56(81)69-44-16-18-45(19-17-44)77-73-59(72-74-77)61(82)66-23-9-25-75-26-28-76(29-27-75)60-46-10-4-5-11-47(46)70-48-20-15-43(63)38-50(48)71-60/h4-5,10-11,15-20,38,51,54,58,64,67-68,70H,1,6-9,12-14,21-37,39-41H2,2-3H3,(H,65,80)(H,66,82)(H,69,81)/t51-,54-,58-/m0/s1. The van der Waals surface area contributed by atoms with E-state index >= 15 is 0 Å². The largest absolute Gasteiger partial charge is 0.388 e. The molecule has 0 radical (unpaired) electrons. The second kappa shape index (κ2) is 32.3. The van der Waals surface area contributed by atoms with E-state index in [1.54, 1.807) is 24.3 Å². The van der Waals surface area contributed by atoms with Crippen molar-refractivity contribution in [2.24, 2.45) is 10.4 Å². The number of ether oxygens (including phenoxy) is 4. The normalized spacial score (nSPS) is 18.8. The van der Waals surface area contributed by atoms with E-state index in [1.165, 1.54) is 4.80 Å². The van der Waals surface area contributed by atoms with Gasteiger partial charge in [-0.05, 0) is 97.5 Å². The molecule has 3 aromatic carbocycles. The number of anilines is 3. The predicted octanol–water partition coefficient (Wildman–Crippen LogP) is 6.06. The summed E-state index contributed by atoms with van der Waals surface area (Å²) in [6.07, 6.45) is 5.72. The fourth-order valence-electron chi connectivity index (χ4n) is 11.2. The van der Waals surface area contributed by atoms with Crippen molar-refractivity contribution in [3.8, 4) is 5.69 Å². The van der Waals surface area contributed by atoms with Crippen molar-refractivity contribution >= 4 is 81.2 Å². The monoisotopic (exact) mass is 1230 g/mol. The lowest BCUT2D eigenvalue weighted by Crippen LogP contribution is -2.49. The first kappa shape index (κ1) is 64.5. The van der Waals surface area contributed by atoms with Gasteiger partial charge in [-0.25, -0.2) is 4.99 Å². The highest BCUT2D eigenvalue weighted by Gasteiger charge is 2.41. The Bertz CT molecular complexity index is 3060. The number of benzene rings is 3. The summed E-state index contributed by atoms with van der Waals surface area (Å²) in [6.45, 7) is 16.1. The van der Waals surface area contributed by atoms with Gasteiger partial charge in [0.25, 0.3) is 11.7 Å². The third-order valence-corrected chi connectivity index (χ3v) is 17.4. The quantitative estimate of drug-likeness (QED) is 0.0166. The fraction of sp³-hybridized carbons (Fsp3) is 0.532. The number of Topliss-reactive ketones (excluding diaryl/α,β-unsaturated/α-hetero) is 2. The van der Waals surface area contributed by atoms with E-state index in [0.29, 0.717) is 125 Å². The number of tetrazole rings is 1. The first-order valence-corrected chi connectivity index (χ1v) is 31.8. The summed E-state index contributed by atoms with van der Waals surface area (Å²) in [4.78, 5) is 75.9. The Labute approximate surface area is 518 Å². The number of nitrogens with one attached hydrogen (secondary N) is 7. The number of amidine groups is 1. The lowest BCUT2D eigenvalue weighted by atomic mass is 9.73. The van der Waals surface area contributed by atoms with Crippen LogP contribution >= 0.6 is 23.4 Å². The molecule has 5 aliphatic rings. The van der Waals surface area contributed by atoms with Crippen molar-refractivity contribution in [1.82, 2.24) is 56.6 Å². The van der Waals surface area contributed by atoms with Gasteiger partial charge >= 0.3 is 0 Å².